The zero-order chi connectivity index (χ0) is 10.3. The van der Waals surface area contributed by atoms with Gasteiger partial charge in [0.2, 0.25) is 0 Å². The molecule has 0 spiro atoms. The monoisotopic (exact) mass is 196 g/mol. The van der Waals surface area contributed by atoms with E-state index in [1.807, 2.05) is 11.8 Å². The zero-order valence-electron chi connectivity index (χ0n) is 8.31. The van der Waals surface area contributed by atoms with Gasteiger partial charge < -0.3 is 15.7 Å². The van der Waals surface area contributed by atoms with Crippen molar-refractivity contribution in [3.8, 4) is 0 Å². The molecule has 0 aromatic heterocycles. The first-order chi connectivity index (χ1) is 6.65. The Morgan fingerprint density at radius 2 is 2.29 bits per heavy atom. The molecule has 0 aromatic rings. The number of primary amides is 1. The Labute approximate surface area is 83.4 Å². The lowest BCUT2D eigenvalue weighted by molar-refractivity contribution is -0.116. The van der Waals surface area contributed by atoms with Crippen molar-refractivity contribution in [2.45, 2.75) is 44.4 Å². The number of nitrogens with zero attached hydrogens (tertiary/aromatic N) is 1. The number of aliphatic hydroxyl groups excluding tert-OH is 1. The van der Waals surface area contributed by atoms with Gasteiger partial charge in [0, 0.05) is 6.04 Å². The third-order valence-electron chi connectivity index (χ3n) is 3.31. The van der Waals surface area contributed by atoms with Crippen molar-refractivity contribution in [3.05, 3.63) is 11.8 Å². The fourth-order valence-corrected chi connectivity index (χ4v) is 2.75. The Morgan fingerprint density at radius 1 is 1.57 bits per heavy atom. The molecule has 2 bridgehead atoms. The van der Waals surface area contributed by atoms with Crippen molar-refractivity contribution in [2.24, 2.45) is 5.73 Å². The number of fused-ring (bicyclic) bond motifs is 2. The van der Waals surface area contributed by atoms with Gasteiger partial charge in [-0.25, -0.2) is 0 Å². The van der Waals surface area contributed by atoms with E-state index in [0.717, 1.165) is 19.3 Å². The van der Waals surface area contributed by atoms with E-state index in [-0.39, 0.29) is 12.1 Å². The summed E-state index contributed by atoms with van der Waals surface area (Å²) >= 11 is 0. The molecule has 0 aliphatic carbocycles. The van der Waals surface area contributed by atoms with Crippen molar-refractivity contribution in [1.29, 1.82) is 0 Å². The number of aliphatic hydroxyl groups is 1. The van der Waals surface area contributed by atoms with Gasteiger partial charge in [0.1, 0.15) is 0 Å². The Kier molecular flexibility index (Phi) is 2.23. The van der Waals surface area contributed by atoms with Crippen LogP contribution in [0.3, 0.4) is 0 Å². The molecule has 2 rings (SSSR count). The molecule has 3 N–H and O–H groups in total. The zero-order valence-corrected chi connectivity index (χ0v) is 8.31. The van der Waals surface area contributed by atoms with Crippen LogP contribution in [0.4, 0.5) is 0 Å². The number of rotatable bonds is 2. The maximum Gasteiger partial charge on any atom is 0.264 e. The van der Waals surface area contributed by atoms with Crippen molar-refractivity contribution in [1.82, 2.24) is 4.90 Å². The summed E-state index contributed by atoms with van der Waals surface area (Å²) in [4.78, 5) is 13.2. The van der Waals surface area contributed by atoms with Crippen LogP contribution in [0.1, 0.15) is 26.2 Å². The van der Waals surface area contributed by atoms with Gasteiger partial charge in [-0.15, -0.1) is 0 Å². The molecule has 0 aromatic carbocycles. The third kappa shape index (κ3) is 1.21. The van der Waals surface area contributed by atoms with E-state index in [0.29, 0.717) is 11.7 Å². The van der Waals surface area contributed by atoms with Gasteiger partial charge in [-0.2, -0.15) is 0 Å². The first-order valence-electron chi connectivity index (χ1n) is 5.07. The second-order valence-corrected chi connectivity index (χ2v) is 4.05. The van der Waals surface area contributed by atoms with Crippen molar-refractivity contribution in [3.63, 3.8) is 0 Å². The van der Waals surface area contributed by atoms with Gasteiger partial charge in [0.25, 0.3) is 5.91 Å². The van der Waals surface area contributed by atoms with Crippen molar-refractivity contribution in [2.75, 3.05) is 0 Å². The highest BCUT2D eigenvalue weighted by molar-refractivity contribution is 5.91. The summed E-state index contributed by atoms with van der Waals surface area (Å²) in [7, 11) is 0. The minimum Gasteiger partial charge on any atom is -0.391 e. The van der Waals surface area contributed by atoms with Gasteiger partial charge in [-0.3, -0.25) is 4.79 Å². The Bertz CT molecular complexity index is 288. The Morgan fingerprint density at radius 3 is 2.64 bits per heavy atom. The molecule has 4 heteroatoms. The topological polar surface area (TPSA) is 66.6 Å². The van der Waals surface area contributed by atoms with Gasteiger partial charge >= 0.3 is 0 Å². The van der Waals surface area contributed by atoms with Gasteiger partial charge in [-0.1, -0.05) is 6.08 Å². The van der Waals surface area contributed by atoms with E-state index in [4.69, 9.17) is 5.73 Å². The first-order valence-corrected chi connectivity index (χ1v) is 5.07. The smallest absolute Gasteiger partial charge is 0.264 e. The van der Waals surface area contributed by atoms with Crippen LogP contribution in [-0.4, -0.2) is 34.1 Å². The van der Waals surface area contributed by atoms with Crippen LogP contribution < -0.4 is 5.73 Å². The van der Waals surface area contributed by atoms with Crippen LogP contribution in [0.25, 0.3) is 0 Å². The molecule has 0 unspecified atom stereocenters. The van der Waals surface area contributed by atoms with Crippen LogP contribution in [0.2, 0.25) is 0 Å². The Balaban J connectivity index is 2.24. The molecule has 14 heavy (non-hydrogen) atoms. The summed E-state index contributed by atoms with van der Waals surface area (Å²) in [6, 6.07) is 0.424. The maximum absolute atomic E-state index is 11.2. The first kappa shape index (κ1) is 9.52. The van der Waals surface area contributed by atoms with Crippen LogP contribution >= 0.6 is 0 Å². The summed E-state index contributed by atoms with van der Waals surface area (Å²) in [6.07, 6.45) is 4.26. The van der Waals surface area contributed by atoms with Crippen molar-refractivity contribution < 1.29 is 9.90 Å². The van der Waals surface area contributed by atoms with Crippen LogP contribution in [0, 0.1) is 0 Å². The highest BCUT2D eigenvalue weighted by Gasteiger charge is 2.46. The number of hydrogen-bond donors (Lipinski definition) is 2. The van der Waals surface area contributed by atoms with E-state index in [9.17, 15) is 9.90 Å². The van der Waals surface area contributed by atoms with Gasteiger partial charge in [-0.05, 0) is 26.2 Å². The van der Waals surface area contributed by atoms with Crippen molar-refractivity contribution >= 4 is 5.91 Å². The molecule has 2 aliphatic heterocycles. The number of amides is 1. The molecule has 0 saturated carbocycles. The fourth-order valence-electron chi connectivity index (χ4n) is 2.75. The number of hydrogen-bond acceptors (Lipinski definition) is 3. The maximum atomic E-state index is 11.2. The third-order valence-corrected chi connectivity index (χ3v) is 3.31. The molecular formula is C10H16N2O2. The average Bonchev–Trinajstić information content (AvgIpc) is 2.62. The second kappa shape index (κ2) is 3.28. The predicted octanol–water partition coefficient (Wildman–Crippen LogP) is -0.0269. The largest absolute Gasteiger partial charge is 0.391 e. The minimum absolute atomic E-state index is 0.110. The standard InChI is InChI=1S/C10H16N2O2/c1-2-7(10(11)14)12-6-3-4-8(12)9(13)5-6/h2,6,8-9,13H,3-5H2,1H3,(H2,11,14)/t6-,8+,9+/m0/s1. The fraction of sp³-hybridized carbons (Fsp3) is 0.700. The van der Waals surface area contributed by atoms with Crippen LogP contribution in [0.15, 0.2) is 11.8 Å². The molecule has 2 aliphatic rings. The lowest BCUT2D eigenvalue weighted by Crippen LogP contribution is -2.36. The summed E-state index contributed by atoms with van der Waals surface area (Å²) in [5.41, 5.74) is 5.86. The number of carbonyl (C=O) groups excluding carboxylic acids is 1. The van der Waals surface area contributed by atoms with Crippen LogP contribution in [-0.2, 0) is 4.79 Å². The molecular weight excluding hydrogens is 180 g/mol. The average molecular weight is 196 g/mol. The second-order valence-electron chi connectivity index (χ2n) is 4.05. The molecule has 4 nitrogen and oxygen atoms in total. The van der Waals surface area contributed by atoms with E-state index in [1.165, 1.54) is 0 Å². The number of carbonyl (C=O) groups is 1. The highest BCUT2D eigenvalue weighted by atomic mass is 16.3. The molecule has 78 valence electrons. The molecule has 1 amide bonds. The van der Waals surface area contributed by atoms with E-state index in [1.54, 1.807) is 6.08 Å². The highest BCUT2D eigenvalue weighted by Crippen LogP contribution is 2.40. The van der Waals surface area contributed by atoms with Crippen LogP contribution in [0.5, 0.6) is 0 Å². The predicted molar refractivity (Wildman–Crippen MR) is 52.2 cm³/mol. The van der Waals surface area contributed by atoms with Gasteiger partial charge in [0.15, 0.2) is 0 Å². The summed E-state index contributed by atoms with van der Waals surface area (Å²) in [5.74, 6) is -0.390. The molecule has 3 atom stereocenters. The normalized spacial score (nSPS) is 36.6. The SMILES string of the molecule is CC=C(C(N)=O)N1[C@H]2CC[C@@H]1[C@H](O)C2. The Hall–Kier alpha value is -1.03. The van der Waals surface area contributed by atoms with E-state index in [2.05, 4.69) is 0 Å². The quantitative estimate of drug-likeness (QED) is 0.610. The lowest BCUT2D eigenvalue weighted by Gasteiger charge is -2.25. The molecule has 2 fully saturated rings. The van der Waals surface area contributed by atoms with E-state index < -0.39 is 5.91 Å². The molecule has 2 heterocycles. The van der Waals surface area contributed by atoms with E-state index >= 15 is 0 Å². The number of allylic oxidation sites excluding steroid dienone is 1. The summed E-state index contributed by atoms with van der Waals surface area (Å²) in [5, 5.41) is 9.69. The lowest BCUT2D eigenvalue weighted by atomic mass is 9.98. The van der Waals surface area contributed by atoms with Gasteiger partial charge in [0.05, 0.1) is 17.8 Å². The summed E-state index contributed by atoms with van der Waals surface area (Å²) < 4.78 is 0. The minimum atomic E-state index is -0.390. The molecule has 2 saturated heterocycles. The molecule has 0 radical (unpaired) electrons. The number of nitrogens with two attached hydrogens (primary N) is 1. The summed E-state index contributed by atoms with van der Waals surface area (Å²) in [6.45, 7) is 1.81.